The number of rotatable bonds is 1. The fourth-order valence-corrected chi connectivity index (χ4v) is 2.66. The van der Waals surface area contributed by atoms with Gasteiger partial charge in [0.1, 0.15) is 0 Å². The summed E-state index contributed by atoms with van der Waals surface area (Å²) in [6, 6.07) is 10.6. The third-order valence-corrected chi connectivity index (χ3v) is 3.44. The Hall–Kier alpha value is -1.38. The Morgan fingerprint density at radius 3 is 2.57 bits per heavy atom. The van der Waals surface area contributed by atoms with Crippen molar-refractivity contribution >= 4 is 14.5 Å². The molecule has 1 aromatic heterocycles. The van der Waals surface area contributed by atoms with Crippen LogP contribution in [0.4, 0.5) is 0 Å². The standard InChI is InChI=1S/C10H7NO2Se/c12-8-6-9(13)14-10(11-8)7-4-2-1-3-5-7/h1-6,12H. The van der Waals surface area contributed by atoms with Gasteiger partial charge in [-0.25, -0.2) is 0 Å². The molecule has 0 radical (unpaired) electrons. The molecule has 0 bridgehead atoms. The van der Waals surface area contributed by atoms with Crippen molar-refractivity contribution < 1.29 is 5.11 Å². The topological polar surface area (TPSA) is 50.2 Å². The molecule has 70 valence electrons. The van der Waals surface area contributed by atoms with Gasteiger partial charge in [0, 0.05) is 0 Å². The summed E-state index contributed by atoms with van der Waals surface area (Å²) in [7, 11) is 0. The Balaban J connectivity index is 2.58. The first-order valence-corrected chi connectivity index (χ1v) is 5.73. The van der Waals surface area contributed by atoms with Gasteiger partial charge in [-0.15, -0.1) is 0 Å². The molecule has 4 heteroatoms. The summed E-state index contributed by atoms with van der Waals surface area (Å²) in [4.78, 5) is 15.1. The molecule has 0 atom stereocenters. The average Bonchev–Trinajstić information content (AvgIpc) is 2.18. The molecule has 0 amide bonds. The van der Waals surface area contributed by atoms with Crippen molar-refractivity contribution in [3.8, 4) is 16.0 Å². The zero-order valence-corrected chi connectivity index (χ0v) is 8.89. The van der Waals surface area contributed by atoms with Crippen LogP contribution in [-0.2, 0) is 0 Å². The molecule has 0 unspecified atom stereocenters. The Morgan fingerprint density at radius 1 is 1.21 bits per heavy atom. The van der Waals surface area contributed by atoms with Crippen LogP contribution in [-0.4, -0.2) is 24.6 Å². The van der Waals surface area contributed by atoms with Gasteiger partial charge in [-0.3, -0.25) is 0 Å². The molecular weight excluding hydrogens is 245 g/mol. The summed E-state index contributed by atoms with van der Waals surface area (Å²) >= 11 is -0.312. The Bertz CT molecular complexity index is 493. The van der Waals surface area contributed by atoms with Crippen LogP contribution in [0.1, 0.15) is 0 Å². The molecule has 0 aliphatic rings. The molecule has 0 aliphatic heterocycles. The number of aromatic hydroxyl groups is 1. The van der Waals surface area contributed by atoms with Gasteiger partial charge in [0.2, 0.25) is 0 Å². The van der Waals surface area contributed by atoms with Gasteiger partial charge in [0.05, 0.1) is 0 Å². The minimum absolute atomic E-state index is 0.0520. The van der Waals surface area contributed by atoms with E-state index in [4.69, 9.17) is 0 Å². The molecule has 14 heavy (non-hydrogen) atoms. The molecule has 1 N–H and O–H groups in total. The summed E-state index contributed by atoms with van der Waals surface area (Å²) in [5.74, 6) is -0.193. The second kappa shape index (κ2) is 3.78. The first-order chi connectivity index (χ1) is 6.75. The van der Waals surface area contributed by atoms with Crippen molar-refractivity contribution in [3.63, 3.8) is 0 Å². The number of benzene rings is 1. The van der Waals surface area contributed by atoms with Crippen LogP contribution in [0.2, 0.25) is 0 Å². The van der Waals surface area contributed by atoms with E-state index in [-0.39, 0.29) is 24.7 Å². The number of hydrogen-bond donors (Lipinski definition) is 1. The van der Waals surface area contributed by atoms with Crippen LogP contribution < -0.4 is 4.30 Å². The van der Waals surface area contributed by atoms with E-state index in [0.29, 0.717) is 4.57 Å². The summed E-state index contributed by atoms with van der Waals surface area (Å²) in [5, 5.41) is 9.17. The van der Waals surface area contributed by atoms with Crippen molar-refractivity contribution in [2.45, 2.75) is 0 Å². The summed E-state index contributed by atoms with van der Waals surface area (Å²) < 4.78 is 0.631. The van der Waals surface area contributed by atoms with E-state index in [9.17, 15) is 9.90 Å². The van der Waals surface area contributed by atoms with Crippen LogP contribution in [0.25, 0.3) is 10.1 Å². The van der Waals surface area contributed by atoms with Gasteiger partial charge >= 0.3 is 86.1 Å². The molecule has 0 spiro atoms. The first-order valence-electron chi connectivity index (χ1n) is 4.02. The first kappa shape index (κ1) is 9.19. The van der Waals surface area contributed by atoms with Crippen LogP contribution in [0.15, 0.2) is 41.2 Å². The maximum atomic E-state index is 11.2. The molecule has 0 saturated carbocycles. The fraction of sp³-hybridized carbons (Fsp3) is 0. The number of hydrogen-bond acceptors (Lipinski definition) is 3. The second-order valence-corrected chi connectivity index (χ2v) is 4.79. The van der Waals surface area contributed by atoms with Crippen LogP contribution in [0, 0.1) is 0 Å². The SMILES string of the molecule is O=c1cc(O)nc(-c2ccccc2)[se]1. The summed E-state index contributed by atoms with van der Waals surface area (Å²) in [6.07, 6.45) is 0. The Kier molecular flexibility index (Phi) is 2.48. The van der Waals surface area contributed by atoms with Crippen molar-refractivity contribution in [3.05, 3.63) is 45.5 Å². The monoisotopic (exact) mass is 253 g/mol. The molecule has 0 aliphatic carbocycles. The predicted octanol–water partition coefficient (Wildman–Crippen LogP) is 0.871. The maximum absolute atomic E-state index is 11.2. The van der Waals surface area contributed by atoms with Gasteiger partial charge in [-0.1, -0.05) is 0 Å². The second-order valence-electron chi connectivity index (χ2n) is 2.71. The zero-order chi connectivity index (χ0) is 9.97. The van der Waals surface area contributed by atoms with Gasteiger partial charge in [-0.05, 0) is 0 Å². The molecule has 2 aromatic rings. The van der Waals surface area contributed by atoms with E-state index < -0.39 is 0 Å². The van der Waals surface area contributed by atoms with Crippen molar-refractivity contribution in [2.75, 3.05) is 0 Å². The van der Waals surface area contributed by atoms with Gasteiger partial charge in [0.25, 0.3) is 0 Å². The third kappa shape index (κ3) is 1.92. The molecule has 1 heterocycles. The predicted molar refractivity (Wildman–Crippen MR) is 54.5 cm³/mol. The quantitative estimate of drug-likeness (QED) is 0.766. The van der Waals surface area contributed by atoms with Gasteiger partial charge < -0.3 is 0 Å². The molecule has 0 fully saturated rings. The Labute approximate surface area is 86.4 Å². The van der Waals surface area contributed by atoms with Crippen molar-refractivity contribution in [1.29, 1.82) is 0 Å². The normalized spacial score (nSPS) is 10.0. The van der Waals surface area contributed by atoms with Crippen LogP contribution >= 0.6 is 0 Å². The zero-order valence-electron chi connectivity index (χ0n) is 7.18. The van der Waals surface area contributed by atoms with E-state index >= 15 is 0 Å². The van der Waals surface area contributed by atoms with Crippen molar-refractivity contribution in [1.82, 2.24) is 4.98 Å². The fourth-order valence-electron chi connectivity index (χ4n) is 1.09. The number of nitrogens with zero attached hydrogens (tertiary/aromatic N) is 1. The Morgan fingerprint density at radius 2 is 1.93 bits per heavy atom. The van der Waals surface area contributed by atoms with Crippen molar-refractivity contribution in [2.24, 2.45) is 0 Å². The molecule has 0 saturated heterocycles. The summed E-state index contributed by atoms with van der Waals surface area (Å²) in [5.41, 5.74) is 0.903. The van der Waals surface area contributed by atoms with E-state index in [1.54, 1.807) is 0 Å². The van der Waals surface area contributed by atoms with Crippen LogP contribution in [0.3, 0.4) is 0 Å². The third-order valence-electron chi connectivity index (χ3n) is 1.68. The molecule has 3 nitrogen and oxygen atoms in total. The summed E-state index contributed by atoms with van der Waals surface area (Å²) in [6.45, 7) is 0. The minimum atomic E-state index is -0.312. The van der Waals surface area contributed by atoms with Gasteiger partial charge in [-0.2, -0.15) is 0 Å². The van der Waals surface area contributed by atoms with E-state index in [1.807, 2.05) is 30.3 Å². The van der Waals surface area contributed by atoms with E-state index in [0.717, 1.165) is 5.56 Å². The average molecular weight is 252 g/mol. The van der Waals surface area contributed by atoms with E-state index in [2.05, 4.69) is 4.98 Å². The molecule has 1 aromatic carbocycles. The van der Waals surface area contributed by atoms with Crippen LogP contribution in [0.5, 0.6) is 5.88 Å². The van der Waals surface area contributed by atoms with E-state index in [1.165, 1.54) is 6.07 Å². The van der Waals surface area contributed by atoms with Gasteiger partial charge in [0.15, 0.2) is 0 Å². The molecular formula is C10H7NO2Se. The molecule has 2 rings (SSSR count). The number of aromatic nitrogens is 1.